The Morgan fingerprint density at radius 3 is 2.42 bits per heavy atom. The summed E-state index contributed by atoms with van der Waals surface area (Å²) in [5.41, 5.74) is 0. The molecule has 0 spiro atoms. The number of carbonyl (C=O) groups excluding carboxylic acids is 1. The van der Waals surface area contributed by atoms with Crippen LogP contribution in [0.15, 0.2) is 0 Å². The van der Waals surface area contributed by atoms with Gasteiger partial charge < -0.3 is 4.74 Å². The zero-order chi connectivity index (χ0) is 14.3. The zero-order valence-corrected chi connectivity index (χ0v) is 12.7. The summed E-state index contributed by atoms with van der Waals surface area (Å²) < 4.78 is 30.6. The van der Waals surface area contributed by atoms with E-state index in [9.17, 15) is 13.2 Å². The van der Waals surface area contributed by atoms with Crippen molar-refractivity contribution in [3.8, 4) is 0 Å². The van der Waals surface area contributed by atoms with E-state index in [2.05, 4.69) is 4.74 Å². The van der Waals surface area contributed by atoms with Crippen molar-refractivity contribution in [2.24, 2.45) is 5.92 Å². The van der Waals surface area contributed by atoms with Crippen molar-refractivity contribution in [3.05, 3.63) is 0 Å². The number of rotatable bonds is 7. The predicted molar refractivity (Wildman–Crippen MR) is 74.2 cm³/mol. The summed E-state index contributed by atoms with van der Waals surface area (Å²) in [5.74, 6) is 0.138. The van der Waals surface area contributed by atoms with Crippen LogP contribution in [0.25, 0.3) is 0 Å². The molecule has 0 amide bonds. The molecule has 19 heavy (non-hydrogen) atoms. The van der Waals surface area contributed by atoms with Crippen LogP contribution in [0.5, 0.6) is 0 Å². The molecule has 0 bridgehead atoms. The molecule has 5 nitrogen and oxygen atoms in total. The van der Waals surface area contributed by atoms with Crippen molar-refractivity contribution in [2.75, 3.05) is 26.0 Å². The molecule has 0 aromatic rings. The minimum atomic E-state index is -3.25. The van der Waals surface area contributed by atoms with E-state index >= 15 is 0 Å². The standard InChI is InChI=1S/C13H25NO4S/c1-3-14(10-9-13(15)18-2)19(16,17)11-12-7-5-4-6-8-12/h12H,3-11H2,1-2H3. The first-order chi connectivity index (χ1) is 8.99. The van der Waals surface area contributed by atoms with Gasteiger partial charge in [-0.25, -0.2) is 12.7 Å². The van der Waals surface area contributed by atoms with Crippen LogP contribution >= 0.6 is 0 Å². The average molecular weight is 291 g/mol. The van der Waals surface area contributed by atoms with E-state index in [1.165, 1.54) is 17.8 Å². The number of sulfonamides is 1. The Bertz CT molecular complexity index is 374. The van der Waals surface area contributed by atoms with Crippen LogP contribution in [-0.2, 0) is 19.6 Å². The van der Waals surface area contributed by atoms with Gasteiger partial charge in [0.1, 0.15) is 0 Å². The summed E-state index contributed by atoms with van der Waals surface area (Å²) in [6.45, 7) is 2.43. The Labute approximate surface area is 116 Å². The van der Waals surface area contributed by atoms with Gasteiger partial charge in [0.2, 0.25) is 10.0 Å². The smallest absolute Gasteiger partial charge is 0.306 e. The maximum Gasteiger partial charge on any atom is 0.306 e. The SMILES string of the molecule is CCN(CCC(=O)OC)S(=O)(=O)CC1CCCCC1. The molecule has 1 fully saturated rings. The maximum absolute atomic E-state index is 12.3. The highest BCUT2D eigenvalue weighted by Gasteiger charge is 2.26. The highest BCUT2D eigenvalue weighted by atomic mass is 32.2. The van der Waals surface area contributed by atoms with E-state index in [1.54, 1.807) is 6.92 Å². The minimum Gasteiger partial charge on any atom is -0.469 e. The molecule has 0 aliphatic heterocycles. The predicted octanol–water partition coefficient (Wildman–Crippen LogP) is 1.78. The normalized spacial score (nSPS) is 17.6. The molecular formula is C13H25NO4S. The van der Waals surface area contributed by atoms with Crippen LogP contribution in [0, 0.1) is 5.92 Å². The molecule has 0 aromatic heterocycles. The third-order valence-corrected chi connectivity index (χ3v) is 5.83. The highest BCUT2D eigenvalue weighted by Crippen LogP contribution is 2.25. The molecule has 0 atom stereocenters. The molecule has 0 radical (unpaired) electrons. The van der Waals surface area contributed by atoms with Gasteiger partial charge in [-0.3, -0.25) is 4.79 Å². The summed E-state index contributed by atoms with van der Waals surface area (Å²) in [6, 6.07) is 0. The third-order valence-electron chi connectivity index (χ3n) is 3.71. The van der Waals surface area contributed by atoms with Gasteiger partial charge in [0.25, 0.3) is 0 Å². The monoisotopic (exact) mass is 291 g/mol. The molecule has 1 aliphatic carbocycles. The molecule has 1 aliphatic rings. The Hall–Kier alpha value is -0.620. The van der Waals surface area contributed by atoms with Crippen LogP contribution in [0.2, 0.25) is 0 Å². The molecule has 112 valence electrons. The summed E-state index contributed by atoms with van der Waals surface area (Å²) in [6.07, 6.45) is 5.62. The second-order valence-electron chi connectivity index (χ2n) is 5.10. The maximum atomic E-state index is 12.3. The van der Waals surface area contributed by atoms with Gasteiger partial charge in [-0.05, 0) is 18.8 Å². The van der Waals surface area contributed by atoms with Gasteiger partial charge in [0.15, 0.2) is 0 Å². The number of methoxy groups -OCH3 is 1. The molecule has 0 unspecified atom stereocenters. The Balaban J connectivity index is 2.53. The summed E-state index contributed by atoms with van der Waals surface area (Å²) in [4.78, 5) is 11.1. The van der Waals surface area contributed by atoms with Crippen LogP contribution in [0.4, 0.5) is 0 Å². The van der Waals surface area contributed by atoms with Crippen LogP contribution in [0.3, 0.4) is 0 Å². The van der Waals surface area contributed by atoms with E-state index in [0.717, 1.165) is 25.7 Å². The lowest BCUT2D eigenvalue weighted by molar-refractivity contribution is -0.140. The number of nitrogens with zero attached hydrogens (tertiary/aromatic N) is 1. The van der Waals surface area contributed by atoms with Gasteiger partial charge in [0, 0.05) is 13.1 Å². The number of esters is 1. The van der Waals surface area contributed by atoms with E-state index < -0.39 is 10.0 Å². The Morgan fingerprint density at radius 2 is 1.89 bits per heavy atom. The first-order valence-electron chi connectivity index (χ1n) is 7.04. The lowest BCUT2D eigenvalue weighted by Gasteiger charge is -2.26. The van der Waals surface area contributed by atoms with E-state index in [-0.39, 0.29) is 30.6 Å². The lowest BCUT2D eigenvalue weighted by atomic mass is 9.91. The summed E-state index contributed by atoms with van der Waals surface area (Å²) in [5, 5.41) is 0. The zero-order valence-electron chi connectivity index (χ0n) is 11.9. The highest BCUT2D eigenvalue weighted by molar-refractivity contribution is 7.89. The fourth-order valence-electron chi connectivity index (χ4n) is 2.57. The van der Waals surface area contributed by atoms with Crippen LogP contribution in [-0.4, -0.2) is 44.6 Å². The van der Waals surface area contributed by atoms with Gasteiger partial charge in [0.05, 0.1) is 19.3 Å². The fraction of sp³-hybridized carbons (Fsp3) is 0.923. The van der Waals surface area contributed by atoms with Crippen molar-refractivity contribution in [1.29, 1.82) is 0 Å². The van der Waals surface area contributed by atoms with E-state index in [4.69, 9.17) is 0 Å². The van der Waals surface area contributed by atoms with Crippen molar-refractivity contribution in [2.45, 2.75) is 45.4 Å². The second-order valence-corrected chi connectivity index (χ2v) is 7.11. The number of hydrogen-bond acceptors (Lipinski definition) is 4. The molecule has 1 rings (SSSR count). The third kappa shape index (κ3) is 5.48. The topological polar surface area (TPSA) is 63.7 Å². The van der Waals surface area contributed by atoms with Gasteiger partial charge in [-0.2, -0.15) is 0 Å². The minimum absolute atomic E-state index is 0.119. The molecule has 1 saturated carbocycles. The number of hydrogen-bond donors (Lipinski definition) is 0. The van der Waals surface area contributed by atoms with Gasteiger partial charge >= 0.3 is 5.97 Å². The quantitative estimate of drug-likeness (QED) is 0.671. The van der Waals surface area contributed by atoms with E-state index in [0.29, 0.717) is 6.54 Å². The number of carbonyl (C=O) groups is 1. The van der Waals surface area contributed by atoms with Crippen molar-refractivity contribution in [1.82, 2.24) is 4.31 Å². The molecule has 0 aromatic carbocycles. The average Bonchev–Trinajstić information content (AvgIpc) is 2.39. The molecule has 0 N–H and O–H groups in total. The Morgan fingerprint density at radius 1 is 1.26 bits per heavy atom. The summed E-state index contributed by atoms with van der Waals surface area (Å²) in [7, 11) is -1.94. The van der Waals surface area contributed by atoms with Crippen molar-refractivity contribution >= 4 is 16.0 Å². The van der Waals surface area contributed by atoms with Gasteiger partial charge in [-0.15, -0.1) is 0 Å². The number of ether oxygens (including phenoxy) is 1. The largest absolute Gasteiger partial charge is 0.469 e. The van der Waals surface area contributed by atoms with Crippen LogP contribution < -0.4 is 0 Å². The molecule has 0 saturated heterocycles. The fourth-order valence-corrected chi connectivity index (χ4v) is 4.47. The van der Waals surface area contributed by atoms with Crippen molar-refractivity contribution < 1.29 is 17.9 Å². The van der Waals surface area contributed by atoms with Crippen molar-refractivity contribution in [3.63, 3.8) is 0 Å². The van der Waals surface area contributed by atoms with Crippen LogP contribution in [0.1, 0.15) is 45.4 Å². The first-order valence-corrected chi connectivity index (χ1v) is 8.65. The van der Waals surface area contributed by atoms with Gasteiger partial charge in [-0.1, -0.05) is 26.2 Å². The molecule has 6 heteroatoms. The Kier molecular flexibility index (Phi) is 6.79. The lowest BCUT2D eigenvalue weighted by Crippen LogP contribution is -2.37. The van der Waals surface area contributed by atoms with E-state index in [1.807, 2.05) is 0 Å². The summed E-state index contributed by atoms with van der Waals surface area (Å²) >= 11 is 0. The molecular weight excluding hydrogens is 266 g/mol. The molecule has 0 heterocycles. The second kappa shape index (κ2) is 7.85. The first kappa shape index (κ1) is 16.4.